The molecular weight excluding hydrogens is 334 g/mol. The van der Waals surface area contributed by atoms with Gasteiger partial charge in [0.2, 0.25) is 0 Å². The predicted molar refractivity (Wildman–Crippen MR) is 98.2 cm³/mol. The molecule has 0 spiro atoms. The molecule has 2 aromatic heterocycles. The lowest BCUT2D eigenvalue weighted by molar-refractivity contribution is 0.0950. The van der Waals surface area contributed by atoms with Crippen LogP contribution in [0.15, 0.2) is 54.0 Å². The van der Waals surface area contributed by atoms with E-state index in [1.54, 1.807) is 16.5 Å². The minimum Gasteiger partial charge on any atom is -0.486 e. The molecule has 5 nitrogen and oxygen atoms in total. The topological polar surface area (TPSA) is 55.3 Å². The number of pyridine rings is 1. The molecule has 0 bridgehead atoms. The lowest BCUT2D eigenvalue weighted by Crippen LogP contribution is -2.43. The van der Waals surface area contributed by atoms with Gasteiger partial charge < -0.3 is 4.74 Å². The Morgan fingerprint density at radius 3 is 2.92 bits per heavy atom. The van der Waals surface area contributed by atoms with Gasteiger partial charge in [-0.05, 0) is 30.7 Å². The minimum absolute atomic E-state index is 0.00672. The molecule has 6 heteroatoms. The molecule has 0 saturated carbocycles. The lowest BCUT2D eigenvalue weighted by atomic mass is 10.1. The van der Waals surface area contributed by atoms with Crippen LogP contribution in [0.5, 0.6) is 5.75 Å². The fourth-order valence-corrected chi connectivity index (χ4v) is 3.59. The molecule has 0 unspecified atom stereocenters. The number of amides is 1. The maximum Gasteiger partial charge on any atom is 0.278 e. The van der Waals surface area contributed by atoms with Gasteiger partial charge in [0, 0.05) is 11.6 Å². The zero-order chi connectivity index (χ0) is 17.2. The van der Waals surface area contributed by atoms with Crippen molar-refractivity contribution in [2.24, 2.45) is 0 Å². The molecule has 1 aromatic carbocycles. The Kier molecular flexibility index (Phi) is 4.19. The van der Waals surface area contributed by atoms with Gasteiger partial charge in [-0.1, -0.05) is 25.1 Å². The lowest BCUT2D eigenvalue weighted by Gasteiger charge is -2.34. The van der Waals surface area contributed by atoms with Crippen LogP contribution in [0.1, 0.15) is 23.8 Å². The fourth-order valence-electron chi connectivity index (χ4n) is 2.82. The number of rotatable bonds is 3. The molecule has 3 aromatic rings. The quantitative estimate of drug-likeness (QED) is 0.715. The summed E-state index contributed by atoms with van der Waals surface area (Å²) in [5.41, 5.74) is 2.02. The molecule has 1 amide bonds. The van der Waals surface area contributed by atoms with Gasteiger partial charge in [0.25, 0.3) is 5.91 Å². The first-order valence-electron chi connectivity index (χ1n) is 8.20. The van der Waals surface area contributed by atoms with Gasteiger partial charge in [0.1, 0.15) is 22.6 Å². The Morgan fingerprint density at radius 1 is 1.28 bits per heavy atom. The Hall–Kier alpha value is -2.73. The number of carbonyl (C=O) groups is 1. The summed E-state index contributed by atoms with van der Waals surface area (Å²) in [6.07, 6.45) is 2.56. The number of fused-ring (bicyclic) bond motifs is 1. The van der Waals surface area contributed by atoms with Gasteiger partial charge in [0.15, 0.2) is 0 Å². The molecule has 126 valence electrons. The number of hydrogen-bond donors (Lipinski definition) is 0. The van der Waals surface area contributed by atoms with E-state index in [4.69, 9.17) is 4.74 Å². The highest BCUT2D eigenvalue weighted by Gasteiger charge is 2.30. The zero-order valence-corrected chi connectivity index (χ0v) is 14.6. The van der Waals surface area contributed by atoms with Crippen LogP contribution in [0.4, 0.5) is 5.69 Å². The van der Waals surface area contributed by atoms with Crippen LogP contribution in [-0.4, -0.2) is 28.5 Å². The van der Waals surface area contributed by atoms with Crippen molar-refractivity contribution in [3.8, 4) is 16.5 Å². The Labute approximate surface area is 149 Å². The molecule has 0 N–H and O–H groups in total. The molecule has 0 radical (unpaired) electrons. The van der Waals surface area contributed by atoms with Gasteiger partial charge >= 0.3 is 0 Å². The number of hydrogen-bond acceptors (Lipinski definition) is 5. The number of aromatic nitrogens is 2. The van der Waals surface area contributed by atoms with Gasteiger partial charge in [-0.15, -0.1) is 11.3 Å². The van der Waals surface area contributed by atoms with E-state index in [0.717, 1.165) is 28.6 Å². The van der Waals surface area contributed by atoms with E-state index in [9.17, 15) is 4.79 Å². The normalized spacial score (nSPS) is 16.2. The second-order valence-corrected chi connectivity index (χ2v) is 6.64. The predicted octanol–water partition coefficient (Wildman–Crippen LogP) is 4.02. The highest BCUT2D eigenvalue weighted by molar-refractivity contribution is 7.13. The number of para-hydroxylation sites is 2. The number of nitrogens with zero attached hydrogens (tertiary/aromatic N) is 3. The molecule has 3 heterocycles. The summed E-state index contributed by atoms with van der Waals surface area (Å²) in [6.45, 7) is 2.59. The second-order valence-electron chi connectivity index (χ2n) is 5.78. The van der Waals surface area contributed by atoms with Crippen LogP contribution in [0.2, 0.25) is 0 Å². The van der Waals surface area contributed by atoms with Crippen LogP contribution >= 0.6 is 11.3 Å². The monoisotopic (exact) mass is 351 g/mol. The molecule has 4 rings (SSSR count). The van der Waals surface area contributed by atoms with E-state index in [0.29, 0.717) is 12.2 Å². The van der Waals surface area contributed by atoms with Gasteiger partial charge in [-0.2, -0.15) is 0 Å². The van der Waals surface area contributed by atoms with Crippen LogP contribution in [-0.2, 0) is 0 Å². The number of ether oxygens (including phenoxy) is 1. The highest BCUT2D eigenvalue weighted by atomic mass is 32.1. The van der Waals surface area contributed by atoms with Crippen LogP contribution < -0.4 is 9.64 Å². The van der Waals surface area contributed by atoms with E-state index in [2.05, 4.69) is 16.9 Å². The van der Waals surface area contributed by atoms with Crippen molar-refractivity contribution in [2.75, 3.05) is 11.4 Å². The molecule has 1 atom stereocenters. The molecule has 25 heavy (non-hydrogen) atoms. The van der Waals surface area contributed by atoms with Crippen LogP contribution in [0.3, 0.4) is 0 Å². The van der Waals surface area contributed by atoms with E-state index < -0.39 is 0 Å². The SMILES string of the molecule is CC[C@H]1CN(C(=O)c2csc(-c3ccccn3)n2)c2ccccc2O1. The number of anilines is 1. The average Bonchev–Trinajstić information content (AvgIpc) is 3.17. The summed E-state index contributed by atoms with van der Waals surface area (Å²) in [7, 11) is 0. The smallest absolute Gasteiger partial charge is 0.278 e. The Balaban J connectivity index is 1.66. The number of carbonyl (C=O) groups excluding carboxylic acids is 1. The molecule has 0 fully saturated rings. The first-order valence-corrected chi connectivity index (χ1v) is 9.08. The van der Waals surface area contributed by atoms with Gasteiger partial charge in [-0.3, -0.25) is 14.7 Å². The fraction of sp³-hybridized carbons (Fsp3) is 0.211. The summed E-state index contributed by atoms with van der Waals surface area (Å²) < 4.78 is 5.95. The van der Waals surface area contributed by atoms with Gasteiger partial charge in [-0.25, -0.2) is 4.98 Å². The van der Waals surface area contributed by atoms with Crippen molar-refractivity contribution < 1.29 is 9.53 Å². The van der Waals surface area contributed by atoms with Crippen molar-refractivity contribution in [3.63, 3.8) is 0 Å². The third-order valence-corrected chi connectivity index (χ3v) is 5.01. The zero-order valence-electron chi connectivity index (χ0n) is 13.8. The van der Waals surface area contributed by atoms with Crippen molar-refractivity contribution in [1.29, 1.82) is 0 Å². The van der Waals surface area contributed by atoms with E-state index in [-0.39, 0.29) is 12.0 Å². The second kappa shape index (κ2) is 6.64. The average molecular weight is 351 g/mol. The maximum absolute atomic E-state index is 13.1. The summed E-state index contributed by atoms with van der Waals surface area (Å²) >= 11 is 1.43. The van der Waals surface area contributed by atoms with E-state index in [1.165, 1.54) is 11.3 Å². The highest BCUT2D eigenvalue weighted by Crippen LogP contribution is 2.35. The molecule has 1 aliphatic heterocycles. The maximum atomic E-state index is 13.1. The first kappa shape index (κ1) is 15.8. The molecule has 1 aliphatic rings. The molecule has 0 saturated heterocycles. The van der Waals surface area contributed by atoms with Gasteiger partial charge in [0.05, 0.1) is 17.9 Å². The van der Waals surface area contributed by atoms with Crippen LogP contribution in [0.25, 0.3) is 10.7 Å². The number of benzene rings is 1. The van der Waals surface area contributed by atoms with E-state index in [1.807, 2.05) is 42.5 Å². The first-order chi connectivity index (χ1) is 12.3. The summed E-state index contributed by atoms with van der Waals surface area (Å²) in [5, 5.41) is 2.54. The van der Waals surface area contributed by atoms with Crippen molar-refractivity contribution in [1.82, 2.24) is 9.97 Å². The summed E-state index contributed by atoms with van der Waals surface area (Å²) in [6, 6.07) is 13.3. The minimum atomic E-state index is -0.104. The van der Waals surface area contributed by atoms with Crippen molar-refractivity contribution in [2.45, 2.75) is 19.4 Å². The molecule has 0 aliphatic carbocycles. The number of thiazole rings is 1. The van der Waals surface area contributed by atoms with Crippen LogP contribution in [0, 0.1) is 0 Å². The van der Waals surface area contributed by atoms with E-state index >= 15 is 0 Å². The largest absolute Gasteiger partial charge is 0.486 e. The Morgan fingerprint density at radius 2 is 2.12 bits per heavy atom. The van der Waals surface area contributed by atoms with Crippen molar-refractivity contribution in [3.05, 3.63) is 59.7 Å². The third-order valence-electron chi connectivity index (χ3n) is 4.14. The standard InChI is InChI=1S/C19H17N3O2S/c1-2-13-11-22(16-8-3-4-9-17(16)24-13)19(23)15-12-25-18(21-15)14-7-5-6-10-20-14/h3-10,12-13H,2,11H2,1H3/t13-/m0/s1. The van der Waals surface area contributed by atoms with Crippen molar-refractivity contribution >= 4 is 22.9 Å². The summed E-state index contributed by atoms with van der Waals surface area (Å²) in [4.78, 5) is 23.6. The summed E-state index contributed by atoms with van der Waals surface area (Å²) in [5.74, 6) is 0.641. The Bertz CT molecular complexity index is 894. The third kappa shape index (κ3) is 3.00. The molecular formula is C19H17N3O2S.